The quantitative estimate of drug-likeness (QED) is 0.445. The van der Waals surface area contributed by atoms with Crippen LogP contribution in [0, 0.1) is 0 Å². The second-order valence-electron chi connectivity index (χ2n) is 2.62. The fourth-order valence-electron chi connectivity index (χ4n) is 1.26. The van der Waals surface area contributed by atoms with Gasteiger partial charge in [0, 0.05) is 0 Å². The van der Waals surface area contributed by atoms with Crippen LogP contribution in [-0.2, 0) is 0 Å². The van der Waals surface area contributed by atoms with E-state index in [1.54, 1.807) is 0 Å². The number of hydrogen-bond acceptors (Lipinski definition) is 4. The van der Waals surface area contributed by atoms with Gasteiger partial charge in [0.05, 0.1) is 11.1 Å². The van der Waals surface area contributed by atoms with Crippen LogP contribution in [-0.4, -0.2) is 27.2 Å². The lowest BCUT2D eigenvalue weighted by Gasteiger charge is -2.00. The number of hydrogen-bond donors (Lipinski definition) is 2. The van der Waals surface area contributed by atoms with E-state index < -0.39 is 11.8 Å². The Morgan fingerprint density at radius 1 is 1.15 bits per heavy atom. The van der Waals surface area contributed by atoms with Crippen LogP contribution in [0.1, 0.15) is 20.7 Å². The number of phenolic OH excluding ortho intramolecular Hbond substituents is 1. The Hall–Kier alpha value is -1.88. The Kier molecular flexibility index (Phi) is 1.37. The van der Waals surface area contributed by atoms with Crippen LogP contribution in [0.2, 0.25) is 0 Å². The SMILES string of the molecule is O=C1c2cccc(O)c2C(=O)N1O. The number of imide groups is 1. The average Bonchev–Trinajstić information content (AvgIpc) is 2.33. The zero-order valence-electron chi connectivity index (χ0n) is 6.39. The van der Waals surface area contributed by atoms with Crippen LogP contribution in [0.5, 0.6) is 5.75 Å². The maximum absolute atomic E-state index is 11.1. The van der Waals surface area contributed by atoms with Crippen molar-refractivity contribution in [1.82, 2.24) is 5.06 Å². The van der Waals surface area contributed by atoms with E-state index in [1.807, 2.05) is 0 Å². The molecular weight excluding hydrogens is 174 g/mol. The van der Waals surface area contributed by atoms with Crippen LogP contribution in [0.3, 0.4) is 0 Å². The number of fused-ring (bicyclic) bond motifs is 1. The fraction of sp³-hybridized carbons (Fsp3) is 0. The van der Waals surface area contributed by atoms with E-state index in [9.17, 15) is 14.7 Å². The summed E-state index contributed by atoms with van der Waals surface area (Å²) < 4.78 is 0. The van der Waals surface area contributed by atoms with Crippen molar-refractivity contribution in [2.24, 2.45) is 0 Å². The van der Waals surface area contributed by atoms with Gasteiger partial charge in [-0.3, -0.25) is 14.8 Å². The fourth-order valence-corrected chi connectivity index (χ4v) is 1.26. The van der Waals surface area contributed by atoms with Crippen molar-refractivity contribution in [3.8, 4) is 5.75 Å². The van der Waals surface area contributed by atoms with Crippen LogP contribution in [0.4, 0.5) is 0 Å². The second-order valence-corrected chi connectivity index (χ2v) is 2.62. The van der Waals surface area contributed by atoms with Crippen LogP contribution < -0.4 is 0 Å². The molecule has 2 N–H and O–H groups in total. The Morgan fingerprint density at radius 2 is 1.85 bits per heavy atom. The number of aromatic hydroxyl groups is 1. The normalized spacial score (nSPS) is 15.0. The van der Waals surface area contributed by atoms with Crippen molar-refractivity contribution in [2.45, 2.75) is 0 Å². The van der Waals surface area contributed by atoms with Crippen LogP contribution in [0.25, 0.3) is 0 Å². The Balaban J connectivity index is 2.74. The van der Waals surface area contributed by atoms with Crippen LogP contribution >= 0.6 is 0 Å². The highest BCUT2D eigenvalue weighted by Crippen LogP contribution is 2.28. The molecular formula is C8H5NO4. The maximum Gasteiger partial charge on any atom is 0.289 e. The Morgan fingerprint density at radius 3 is 2.46 bits per heavy atom. The van der Waals surface area contributed by atoms with Gasteiger partial charge in [-0.2, -0.15) is 0 Å². The predicted molar refractivity (Wildman–Crippen MR) is 40.4 cm³/mol. The summed E-state index contributed by atoms with van der Waals surface area (Å²) in [6.45, 7) is 0. The topological polar surface area (TPSA) is 77.8 Å². The minimum absolute atomic E-state index is 0.00954. The van der Waals surface area contributed by atoms with E-state index in [0.29, 0.717) is 0 Å². The van der Waals surface area contributed by atoms with Gasteiger partial charge in [0.2, 0.25) is 0 Å². The monoisotopic (exact) mass is 179 g/mol. The highest BCUT2D eigenvalue weighted by Gasteiger charge is 2.36. The number of carbonyl (C=O) groups is 2. The third-order valence-corrected chi connectivity index (χ3v) is 1.87. The molecule has 1 heterocycles. The molecule has 0 saturated carbocycles. The molecule has 0 atom stereocenters. The molecule has 1 aromatic rings. The number of nitrogens with zero attached hydrogens (tertiary/aromatic N) is 1. The third kappa shape index (κ3) is 0.844. The molecule has 1 aliphatic rings. The molecule has 2 rings (SSSR count). The summed E-state index contributed by atoms with van der Waals surface area (Å²) in [4.78, 5) is 22.2. The number of carbonyl (C=O) groups excluding carboxylic acids is 2. The van der Waals surface area contributed by atoms with Crippen molar-refractivity contribution >= 4 is 11.8 Å². The average molecular weight is 179 g/mol. The molecule has 0 aromatic heterocycles. The molecule has 0 radical (unpaired) electrons. The van der Waals surface area contributed by atoms with Gasteiger partial charge in [0.25, 0.3) is 11.8 Å². The number of rotatable bonds is 0. The van der Waals surface area contributed by atoms with Crippen molar-refractivity contribution in [3.05, 3.63) is 29.3 Å². The lowest BCUT2D eigenvalue weighted by Crippen LogP contribution is -2.25. The summed E-state index contributed by atoms with van der Waals surface area (Å²) in [7, 11) is 0. The first kappa shape index (κ1) is 7.75. The number of benzene rings is 1. The first-order valence-corrected chi connectivity index (χ1v) is 3.52. The van der Waals surface area contributed by atoms with Gasteiger partial charge in [0.1, 0.15) is 5.75 Å². The van der Waals surface area contributed by atoms with Crippen LogP contribution in [0.15, 0.2) is 18.2 Å². The molecule has 0 unspecified atom stereocenters. The molecule has 66 valence electrons. The van der Waals surface area contributed by atoms with Gasteiger partial charge in [0.15, 0.2) is 0 Å². The Labute approximate surface area is 72.8 Å². The van der Waals surface area contributed by atoms with Crippen molar-refractivity contribution in [2.75, 3.05) is 0 Å². The van der Waals surface area contributed by atoms with E-state index in [4.69, 9.17) is 5.21 Å². The van der Waals surface area contributed by atoms with Gasteiger partial charge < -0.3 is 5.11 Å². The van der Waals surface area contributed by atoms with E-state index in [-0.39, 0.29) is 21.9 Å². The Bertz CT molecular complexity index is 413. The number of phenols is 1. The van der Waals surface area contributed by atoms with Gasteiger partial charge in [-0.05, 0) is 12.1 Å². The molecule has 5 nitrogen and oxygen atoms in total. The van der Waals surface area contributed by atoms with Gasteiger partial charge in [-0.25, -0.2) is 0 Å². The van der Waals surface area contributed by atoms with Gasteiger partial charge >= 0.3 is 0 Å². The lowest BCUT2D eigenvalue weighted by molar-refractivity contribution is -0.0328. The molecule has 5 heteroatoms. The van der Waals surface area contributed by atoms with Crippen molar-refractivity contribution in [3.63, 3.8) is 0 Å². The zero-order chi connectivity index (χ0) is 9.59. The highest BCUT2D eigenvalue weighted by atomic mass is 16.5. The smallest absolute Gasteiger partial charge is 0.289 e. The van der Waals surface area contributed by atoms with Gasteiger partial charge in [-0.15, -0.1) is 5.06 Å². The van der Waals surface area contributed by atoms with E-state index >= 15 is 0 Å². The maximum atomic E-state index is 11.1. The highest BCUT2D eigenvalue weighted by molar-refractivity contribution is 6.21. The molecule has 1 aliphatic heterocycles. The summed E-state index contributed by atoms with van der Waals surface area (Å²) >= 11 is 0. The summed E-state index contributed by atoms with van der Waals surface area (Å²) in [5.41, 5.74) is -0.123. The van der Waals surface area contributed by atoms with Crippen molar-refractivity contribution < 1.29 is 19.9 Å². The molecule has 0 bridgehead atoms. The molecule has 2 amide bonds. The predicted octanol–water partition coefficient (Wildman–Crippen LogP) is 0.377. The van der Waals surface area contributed by atoms with E-state index in [1.165, 1.54) is 18.2 Å². The molecule has 0 saturated heterocycles. The molecule has 1 aromatic carbocycles. The zero-order valence-corrected chi connectivity index (χ0v) is 6.39. The van der Waals surface area contributed by atoms with E-state index in [2.05, 4.69) is 0 Å². The summed E-state index contributed by atoms with van der Waals surface area (Å²) in [5, 5.41) is 18.2. The molecule has 0 spiro atoms. The van der Waals surface area contributed by atoms with E-state index in [0.717, 1.165) is 0 Å². The molecule has 13 heavy (non-hydrogen) atoms. The second kappa shape index (κ2) is 2.30. The molecule has 0 aliphatic carbocycles. The number of hydroxylamine groups is 2. The number of amides is 2. The summed E-state index contributed by atoms with van der Waals surface area (Å²) in [5.74, 6) is -2.00. The third-order valence-electron chi connectivity index (χ3n) is 1.87. The largest absolute Gasteiger partial charge is 0.507 e. The minimum atomic E-state index is -0.891. The lowest BCUT2D eigenvalue weighted by atomic mass is 10.1. The minimum Gasteiger partial charge on any atom is -0.507 e. The standard InChI is InChI=1S/C8H5NO4/c10-5-3-1-2-4-6(5)8(12)9(13)7(4)11/h1-3,10,13H. The first-order chi connectivity index (χ1) is 6.13. The van der Waals surface area contributed by atoms with Crippen molar-refractivity contribution in [1.29, 1.82) is 0 Å². The summed E-state index contributed by atoms with van der Waals surface area (Å²) in [6.07, 6.45) is 0. The van der Waals surface area contributed by atoms with Gasteiger partial charge in [-0.1, -0.05) is 6.07 Å². The first-order valence-electron chi connectivity index (χ1n) is 3.52. The summed E-state index contributed by atoms with van der Waals surface area (Å²) in [6, 6.07) is 4.08. The molecule has 0 fully saturated rings.